The highest BCUT2D eigenvalue weighted by atomic mass is 79.9. The van der Waals surface area contributed by atoms with Crippen molar-refractivity contribution < 1.29 is 10.0 Å². The van der Waals surface area contributed by atoms with Gasteiger partial charge >= 0.3 is 7.12 Å². The third kappa shape index (κ3) is 2.56. The summed E-state index contributed by atoms with van der Waals surface area (Å²) >= 11 is 3.67. The first kappa shape index (κ1) is 19.8. The molecule has 0 bridgehead atoms. The zero-order valence-corrected chi connectivity index (χ0v) is 19.4. The Morgan fingerprint density at radius 3 is 2.31 bits per heavy atom. The molecule has 4 aromatic carbocycles. The van der Waals surface area contributed by atoms with E-state index >= 15 is 0 Å². The summed E-state index contributed by atoms with van der Waals surface area (Å²) in [7, 11) is -1.58. The van der Waals surface area contributed by atoms with Crippen LogP contribution in [0.1, 0.15) is 25.0 Å². The van der Waals surface area contributed by atoms with Gasteiger partial charge in [-0.2, -0.15) is 0 Å². The second-order valence-electron chi connectivity index (χ2n) is 8.99. The van der Waals surface area contributed by atoms with Crippen LogP contribution in [0.25, 0.3) is 38.6 Å². The Morgan fingerprint density at radius 2 is 1.50 bits per heavy atom. The van der Waals surface area contributed by atoms with Crippen LogP contribution in [0.5, 0.6) is 0 Å². The van der Waals surface area contributed by atoms with E-state index in [1.807, 2.05) is 18.2 Å². The first-order chi connectivity index (χ1) is 15.4. The maximum Gasteiger partial charge on any atom is 0.490 e. The number of nitrogens with zero attached hydrogens (tertiary/aromatic N) is 1. The largest absolute Gasteiger partial charge is 0.490 e. The van der Waals surface area contributed by atoms with E-state index in [9.17, 15) is 10.0 Å². The van der Waals surface area contributed by atoms with Gasteiger partial charge in [-0.1, -0.05) is 68.4 Å². The van der Waals surface area contributed by atoms with Crippen molar-refractivity contribution >= 4 is 50.3 Å². The molecular weight excluding hydrogens is 461 g/mol. The standard InChI is InChI=1S/C27H21BBrNO2/c1-27(2)20-10-5-3-8-16(20)18-14-19-17-9-4-6-13-24(17)30(25(19)15-21(18)27)26-22(28(31)32)11-7-12-23(26)29/h3-15,31-32H,1-2H3. The van der Waals surface area contributed by atoms with E-state index in [0.29, 0.717) is 5.46 Å². The van der Waals surface area contributed by atoms with E-state index < -0.39 is 7.12 Å². The SMILES string of the molecule is CC1(C)c2ccccc2-c2cc3c4ccccc4n(-c4c(Br)cccc4B(O)O)c3cc21. The Labute approximate surface area is 195 Å². The van der Waals surface area contributed by atoms with Gasteiger partial charge in [0, 0.05) is 26.1 Å². The number of benzene rings is 4. The number of aromatic nitrogens is 1. The van der Waals surface area contributed by atoms with Crippen LogP contribution in [-0.4, -0.2) is 21.7 Å². The second-order valence-corrected chi connectivity index (χ2v) is 9.84. The molecule has 32 heavy (non-hydrogen) atoms. The zero-order chi connectivity index (χ0) is 22.2. The Bertz CT molecular complexity index is 1550. The van der Waals surface area contributed by atoms with Crippen molar-refractivity contribution in [1.29, 1.82) is 0 Å². The molecule has 1 heterocycles. The molecule has 0 atom stereocenters. The van der Waals surface area contributed by atoms with E-state index in [-0.39, 0.29) is 5.41 Å². The average Bonchev–Trinajstić information content (AvgIpc) is 3.22. The summed E-state index contributed by atoms with van der Waals surface area (Å²) in [5, 5.41) is 22.6. The quantitative estimate of drug-likeness (QED) is 0.325. The van der Waals surface area contributed by atoms with E-state index in [0.717, 1.165) is 32.0 Å². The normalized spacial score (nSPS) is 14.0. The summed E-state index contributed by atoms with van der Waals surface area (Å²) in [6.45, 7) is 4.55. The van der Waals surface area contributed by atoms with Crippen molar-refractivity contribution in [3.63, 3.8) is 0 Å². The van der Waals surface area contributed by atoms with Crippen LogP contribution in [0.15, 0.2) is 83.3 Å². The summed E-state index contributed by atoms with van der Waals surface area (Å²) in [5.74, 6) is 0. The molecule has 0 radical (unpaired) electrons. The lowest BCUT2D eigenvalue weighted by Crippen LogP contribution is -2.33. The molecule has 6 rings (SSSR count). The zero-order valence-electron chi connectivity index (χ0n) is 17.8. The summed E-state index contributed by atoms with van der Waals surface area (Å²) in [6, 6.07) is 27.1. The molecule has 0 aliphatic heterocycles. The smallest absolute Gasteiger partial charge is 0.423 e. The molecule has 0 unspecified atom stereocenters. The van der Waals surface area contributed by atoms with E-state index in [4.69, 9.17) is 0 Å². The number of para-hydroxylation sites is 2. The summed E-state index contributed by atoms with van der Waals surface area (Å²) in [6.07, 6.45) is 0. The minimum atomic E-state index is -1.58. The van der Waals surface area contributed by atoms with Crippen molar-refractivity contribution in [2.75, 3.05) is 0 Å². The fourth-order valence-electron chi connectivity index (χ4n) is 5.38. The van der Waals surface area contributed by atoms with Crippen molar-refractivity contribution in [3.05, 3.63) is 94.5 Å². The summed E-state index contributed by atoms with van der Waals surface area (Å²) in [4.78, 5) is 0. The lowest BCUT2D eigenvalue weighted by Gasteiger charge is -2.22. The van der Waals surface area contributed by atoms with Gasteiger partial charge in [-0.3, -0.25) is 0 Å². The van der Waals surface area contributed by atoms with Gasteiger partial charge in [0.1, 0.15) is 0 Å². The van der Waals surface area contributed by atoms with Gasteiger partial charge < -0.3 is 14.6 Å². The highest BCUT2D eigenvalue weighted by molar-refractivity contribution is 9.10. The van der Waals surface area contributed by atoms with Crippen LogP contribution in [-0.2, 0) is 5.41 Å². The van der Waals surface area contributed by atoms with Crippen LogP contribution in [0, 0.1) is 0 Å². The monoisotopic (exact) mass is 481 g/mol. The van der Waals surface area contributed by atoms with Crippen molar-refractivity contribution in [1.82, 2.24) is 4.57 Å². The van der Waals surface area contributed by atoms with Crippen LogP contribution >= 0.6 is 15.9 Å². The first-order valence-electron chi connectivity index (χ1n) is 10.7. The molecule has 0 saturated heterocycles. The third-order valence-corrected chi connectivity index (χ3v) is 7.54. The van der Waals surface area contributed by atoms with Gasteiger partial charge in [0.25, 0.3) is 0 Å². The second kappa shape index (κ2) is 6.82. The van der Waals surface area contributed by atoms with E-state index in [1.165, 1.54) is 22.3 Å². The molecule has 5 heteroatoms. The predicted octanol–water partition coefficient (Wildman–Crippen LogP) is 5.53. The summed E-state index contributed by atoms with van der Waals surface area (Å²) < 4.78 is 2.97. The molecule has 156 valence electrons. The molecule has 0 spiro atoms. The van der Waals surface area contributed by atoms with Crippen molar-refractivity contribution in [3.8, 4) is 16.8 Å². The van der Waals surface area contributed by atoms with Crippen molar-refractivity contribution in [2.24, 2.45) is 0 Å². The van der Waals surface area contributed by atoms with E-state index in [1.54, 1.807) is 6.07 Å². The maximum atomic E-state index is 10.1. The van der Waals surface area contributed by atoms with Crippen LogP contribution in [0.4, 0.5) is 0 Å². The lowest BCUT2D eigenvalue weighted by atomic mass is 9.79. The molecule has 1 aliphatic rings. The van der Waals surface area contributed by atoms with Gasteiger partial charge in [-0.05, 0) is 62.4 Å². The number of rotatable bonds is 2. The van der Waals surface area contributed by atoms with Crippen molar-refractivity contribution in [2.45, 2.75) is 19.3 Å². The number of fused-ring (bicyclic) bond motifs is 6. The minimum Gasteiger partial charge on any atom is -0.423 e. The van der Waals surface area contributed by atoms with Crippen LogP contribution in [0.2, 0.25) is 0 Å². The molecule has 0 amide bonds. The Balaban J connectivity index is 1.80. The topological polar surface area (TPSA) is 45.4 Å². The molecule has 0 saturated carbocycles. The first-order valence-corrected chi connectivity index (χ1v) is 11.5. The van der Waals surface area contributed by atoms with E-state index in [2.05, 4.69) is 88.9 Å². The predicted molar refractivity (Wildman–Crippen MR) is 136 cm³/mol. The molecule has 2 N–H and O–H groups in total. The van der Waals surface area contributed by atoms with Gasteiger partial charge in [-0.25, -0.2) is 0 Å². The fourth-order valence-corrected chi connectivity index (χ4v) is 5.94. The number of hydrogen-bond acceptors (Lipinski definition) is 2. The van der Waals surface area contributed by atoms with Crippen LogP contribution < -0.4 is 5.46 Å². The highest BCUT2D eigenvalue weighted by Gasteiger charge is 2.36. The molecule has 5 aromatic rings. The Hall–Kier alpha value is -2.86. The van der Waals surface area contributed by atoms with Gasteiger partial charge in [0.05, 0.1) is 16.7 Å². The summed E-state index contributed by atoms with van der Waals surface area (Å²) in [5.41, 5.74) is 8.38. The molecular formula is C27H21BBrNO2. The Kier molecular flexibility index (Phi) is 4.22. The third-order valence-electron chi connectivity index (χ3n) is 6.90. The highest BCUT2D eigenvalue weighted by Crippen LogP contribution is 2.50. The molecule has 1 aromatic heterocycles. The average molecular weight is 482 g/mol. The number of hydrogen-bond donors (Lipinski definition) is 2. The maximum absolute atomic E-state index is 10.1. The lowest BCUT2D eigenvalue weighted by molar-refractivity contribution is 0.425. The van der Waals surface area contributed by atoms with Gasteiger partial charge in [-0.15, -0.1) is 0 Å². The van der Waals surface area contributed by atoms with Gasteiger partial charge in [0.15, 0.2) is 0 Å². The molecule has 0 fully saturated rings. The molecule has 1 aliphatic carbocycles. The minimum absolute atomic E-state index is 0.116. The van der Waals surface area contributed by atoms with Crippen LogP contribution in [0.3, 0.4) is 0 Å². The molecule has 3 nitrogen and oxygen atoms in total. The van der Waals surface area contributed by atoms with Gasteiger partial charge in [0.2, 0.25) is 0 Å². The fraction of sp³-hybridized carbons (Fsp3) is 0.111. The number of halogens is 1. The Morgan fingerprint density at radius 1 is 0.750 bits per heavy atom.